The first-order valence-corrected chi connectivity index (χ1v) is 21.7. The smallest absolute Gasteiger partial charge is 0.308 e. The highest BCUT2D eigenvalue weighted by Crippen LogP contribution is 2.52. The molecule has 0 aliphatic carbocycles. The second-order valence-electron chi connectivity index (χ2n) is 16.4. The summed E-state index contributed by atoms with van der Waals surface area (Å²) in [6.45, 7) is 9.59. The van der Waals surface area contributed by atoms with Gasteiger partial charge in [0.05, 0.1) is 52.4 Å². The van der Waals surface area contributed by atoms with Crippen LogP contribution in [0.25, 0.3) is 0 Å². The number of fused-ring (bicyclic) bond motifs is 1. The Balaban J connectivity index is 1.27. The first-order chi connectivity index (χ1) is 32.3. The van der Waals surface area contributed by atoms with Crippen LogP contribution in [0.15, 0.2) is 36.4 Å². The topological polar surface area (TPSA) is 258 Å². The molecule has 372 valence electrons. The summed E-state index contributed by atoms with van der Waals surface area (Å²) in [5.74, 6) is -4.55. The molecule has 0 radical (unpaired) electrons. The van der Waals surface area contributed by atoms with Gasteiger partial charge in [-0.1, -0.05) is 12.1 Å². The van der Waals surface area contributed by atoms with Crippen molar-refractivity contribution in [2.75, 3.05) is 34.0 Å². The second-order valence-corrected chi connectivity index (χ2v) is 16.4. The van der Waals surface area contributed by atoms with E-state index in [1.807, 2.05) is 6.07 Å². The molecule has 22 nitrogen and oxygen atoms in total. The molecule has 0 saturated carbocycles. The van der Waals surface area contributed by atoms with Crippen molar-refractivity contribution in [1.82, 2.24) is 0 Å². The molecule has 4 aliphatic rings. The zero-order valence-electron chi connectivity index (χ0n) is 39.1. The van der Waals surface area contributed by atoms with E-state index in [2.05, 4.69) is 0 Å². The molecule has 0 amide bonds. The van der Waals surface area contributed by atoms with Gasteiger partial charge in [0.2, 0.25) is 12.4 Å². The van der Waals surface area contributed by atoms with Crippen LogP contribution in [0, 0.1) is 11.8 Å². The van der Waals surface area contributed by atoms with Gasteiger partial charge in [-0.25, -0.2) is 0 Å². The van der Waals surface area contributed by atoms with Gasteiger partial charge in [0.15, 0.2) is 59.8 Å². The minimum Gasteiger partial charge on any atom is -0.493 e. The van der Waals surface area contributed by atoms with Crippen LogP contribution in [0.1, 0.15) is 78.7 Å². The van der Waals surface area contributed by atoms with Crippen LogP contribution in [0.3, 0.4) is 0 Å². The maximum absolute atomic E-state index is 12.7. The number of carbonyl (C=O) groups is 7. The summed E-state index contributed by atoms with van der Waals surface area (Å²) in [4.78, 5) is 86.2. The first-order valence-electron chi connectivity index (χ1n) is 21.7. The van der Waals surface area contributed by atoms with E-state index in [1.54, 1.807) is 30.3 Å². The summed E-state index contributed by atoms with van der Waals surface area (Å²) in [6.07, 6.45) is -15.1. The van der Waals surface area contributed by atoms with Gasteiger partial charge in [-0.15, -0.1) is 0 Å². The van der Waals surface area contributed by atoms with Gasteiger partial charge in [-0.05, 0) is 42.3 Å². The van der Waals surface area contributed by atoms with E-state index in [4.69, 9.17) is 71.1 Å². The number of methoxy groups -OCH3 is 2. The Labute approximate surface area is 391 Å². The van der Waals surface area contributed by atoms with Crippen molar-refractivity contribution in [3.63, 3.8) is 0 Å². The standard InChI is InChI=1S/C46H56O22/c1-20-37(61-22(3)48)41(63-24(5)50)43(65-26(7)52)45(59-20)58-19-36-40(62-23(4)49)42(64-25(6)51)44(66-27(8)53)46(68-36)67-33-14-12-29(16-35(33)55-10)39-31-18-56-38(30(31)17-57-39)28-11-13-32(60-21(2)47)34(15-28)54-9/h11-16,20,30-31,36-46H,17-19H2,1-10H3/t20-,30+,31+,36+,37+,38-,39-,40+,41+,42-,43+,44+,45-,46-/m1/s1. The zero-order chi connectivity index (χ0) is 49.6. The van der Waals surface area contributed by atoms with E-state index in [9.17, 15) is 33.6 Å². The third-order valence-electron chi connectivity index (χ3n) is 11.3. The molecule has 0 aromatic heterocycles. The van der Waals surface area contributed by atoms with Crippen molar-refractivity contribution in [2.45, 2.75) is 129 Å². The van der Waals surface area contributed by atoms with Crippen LogP contribution in [0.4, 0.5) is 0 Å². The number of ether oxygens (including phenoxy) is 15. The van der Waals surface area contributed by atoms with Gasteiger partial charge in [0.1, 0.15) is 6.10 Å². The fourth-order valence-corrected chi connectivity index (χ4v) is 8.80. The predicted octanol–water partition coefficient (Wildman–Crippen LogP) is 3.16. The molecular weight excluding hydrogens is 904 g/mol. The molecule has 0 unspecified atom stereocenters. The fourth-order valence-electron chi connectivity index (χ4n) is 8.80. The summed E-state index contributed by atoms with van der Waals surface area (Å²) < 4.78 is 87.5. The molecule has 4 heterocycles. The molecule has 0 N–H and O–H groups in total. The van der Waals surface area contributed by atoms with Crippen LogP contribution in [-0.4, -0.2) is 137 Å². The largest absolute Gasteiger partial charge is 0.493 e. The molecule has 22 heteroatoms. The van der Waals surface area contributed by atoms with Crippen molar-refractivity contribution in [1.29, 1.82) is 0 Å². The minimum atomic E-state index is -1.61. The lowest BCUT2D eigenvalue weighted by Crippen LogP contribution is -2.64. The van der Waals surface area contributed by atoms with Crippen LogP contribution < -0.4 is 18.9 Å². The van der Waals surface area contributed by atoms with Gasteiger partial charge < -0.3 is 71.1 Å². The third-order valence-corrected chi connectivity index (χ3v) is 11.3. The molecule has 2 aromatic carbocycles. The number of carbonyl (C=O) groups excluding carboxylic acids is 7. The monoisotopic (exact) mass is 960 g/mol. The van der Waals surface area contributed by atoms with Gasteiger partial charge in [-0.2, -0.15) is 0 Å². The quantitative estimate of drug-likeness (QED) is 0.133. The highest BCUT2D eigenvalue weighted by molar-refractivity contribution is 5.71. The Morgan fingerprint density at radius 2 is 0.926 bits per heavy atom. The molecule has 2 aromatic rings. The van der Waals surface area contributed by atoms with E-state index in [-0.39, 0.29) is 35.2 Å². The molecule has 0 spiro atoms. The average Bonchev–Trinajstić information content (AvgIpc) is 3.87. The Bertz CT molecular complexity index is 2190. The summed E-state index contributed by atoms with van der Waals surface area (Å²) in [6, 6.07) is 10.3. The summed E-state index contributed by atoms with van der Waals surface area (Å²) in [7, 11) is 2.89. The number of benzene rings is 2. The number of rotatable bonds is 16. The maximum Gasteiger partial charge on any atom is 0.308 e. The lowest BCUT2D eigenvalue weighted by atomic mass is 9.85. The number of hydrogen-bond donors (Lipinski definition) is 0. The SMILES string of the molecule is COc1cc([C@H]2OC[C@H]3[C@@H]2CO[C@@H]3c2ccc(O[C@@H]3O[C@@H](CO[C@@H]4O[C@H](C)[C@H](OC(C)=O)[C@H](OC(C)=O)[C@@H]4OC(C)=O)[C@H](OC(C)=O)[C@@H](OC(C)=O)[C@@H]3OC(C)=O)c(OC)c2)ccc1OC(C)=O. The Hall–Kier alpha value is -6.07. The number of hydrogen-bond acceptors (Lipinski definition) is 22. The molecule has 6 rings (SSSR count). The Morgan fingerprint density at radius 3 is 1.41 bits per heavy atom. The van der Waals surface area contributed by atoms with E-state index in [1.165, 1.54) is 28.1 Å². The molecular formula is C46H56O22. The molecule has 68 heavy (non-hydrogen) atoms. The maximum atomic E-state index is 12.7. The van der Waals surface area contributed by atoms with Crippen molar-refractivity contribution in [3.8, 4) is 23.0 Å². The van der Waals surface area contributed by atoms with Crippen molar-refractivity contribution in [2.24, 2.45) is 11.8 Å². The summed E-state index contributed by atoms with van der Waals surface area (Å²) >= 11 is 0. The fraction of sp³-hybridized carbons (Fsp3) is 0.587. The van der Waals surface area contributed by atoms with Crippen LogP contribution in [0.5, 0.6) is 23.0 Å². The van der Waals surface area contributed by atoms with Gasteiger partial charge >= 0.3 is 41.8 Å². The van der Waals surface area contributed by atoms with Crippen LogP contribution >= 0.6 is 0 Å². The molecule has 4 saturated heterocycles. The molecule has 14 atom stereocenters. The zero-order valence-corrected chi connectivity index (χ0v) is 39.1. The second kappa shape index (κ2) is 22.4. The van der Waals surface area contributed by atoms with Crippen molar-refractivity contribution in [3.05, 3.63) is 47.5 Å². The predicted molar refractivity (Wildman–Crippen MR) is 225 cm³/mol. The highest BCUT2D eigenvalue weighted by Gasteiger charge is 2.56. The highest BCUT2D eigenvalue weighted by atomic mass is 16.8. The molecule has 4 aliphatic heterocycles. The van der Waals surface area contributed by atoms with Crippen molar-refractivity contribution < 1.29 is 105 Å². The first kappa shape index (κ1) is 51.3. The minimum absolute atomic E-state index is 0.0526. The third kappa shape index (κ3) is 12.1. The number of esters is 7. The average molecular weight is 961 g/mol. The molecule has 0 bridgehead atoms. The van der Waals surface area contributed by atoms with Gasteiger partial charge in [0, 0.05) is 60.3 Å². The van der Waals surface area contributed by atoms with Gasteiger partial charge in [-0.3, -0.25) is 33.6 Å². The normalized spacial score (nSPS) is 30.7. The Kier molecular flexibility index (Phi) is 16.9. The summed E-state index contributed by atoms with van der Waals surface area (Å²) in [5.41, 5.74) is 1.54. The Morgan fingerprint density at radius 1 is 0.500 bits per heavy atom. The van der Waals surface area contributed by atoms with E-state index in [0.717, 1.165) is 52.7 Å². The van der Waals surface area contributed by atoms with Crippen LogP contribution in [-0.2, 0) is 85.7 Å². The van der Waals surface area contributed by atoms with Gasteiger partial charge in [0.25, 0.3) is 0 Å². The van der Waals surface area contributed by atoms with E-state index < -0.39 is 116 Å². The molecule has 4 fully saturated rings. The van der Waals surface area contributed by atoms with E-state index >= 15 is 0 Å². The van der Waals surface area contributed by atoms with E-state index in [0.29, 0.717) is 19.0 Å². The lowest BCUT2D eigenvalue weighted by Gasteiger charge is -2.46. The van der Waals surface area contributed by atoms with Crippen LogP contribution in [0.2, 0.25) is 0 Å². The lowest BCUT2D eigenvalue weighted by molar-refractivity contribution is -0.323. The van der Waals surface area contributed by atoms with Crippen molar-refractivity contribution >= 4 is 41.8 Å². The summed E-state index contributed by atoms with van der Waals surface area (Å²) in [5, 5.41) is 0.